The summed E-state index contributed by atoms with van der Waals surface area (Å²) < 4.78 is 5.94. The molecule has 3 rings (SSSR count). The van der Waals surface area contributed by atoms with E-state index in [-0.39, 0.29) is 17.3 Å². The topological polar surface area (TPSA) is 53.8 Å². The van der Waals surface area contributed by atoms with Gasteiger partial charge >= 0.3 is 0 Å². The second-order valence-electron chi connectivity index (χ2n) is 7.67. The molecular weight excluding hydrogens is 421 g/mol. The highest BCUT2D eigenvalue weighted by Gasteiger charge is 2.31. The van der Waals surface area contributed by atoms with Crippen LogP contribution in [-0.2, 0) is 6.54 Å². The molecule has 0 fully saturated rings. The fourth-order valence-electron chi connectivity index (χ4n) is 3.62. The zero-order valence-corrected chi connectivity index (χ0v) is 18.9. The van der Waals surface area contributed by atoms with E-state index in [1.165, 1.54) is 11.0 Å². The summed E-state index contributed by atoms with van der Waals surface area (Å²) in [5.74, 6) is 0.298. The van der Waals surface area contributed by atoms with Crippen LogP contribution < -0.4 is 14.7 Å². The molecule has 0 bridgehead atoms. The Hall–Kier alpha value is -2.01. The average Bonchev–Trinajstić information content (AvgIpc) is 3.04. The Labute approximate surface area is 188 Å². The molecule has 30 heavy (non-hydrogen) atoms. The molecule has 0 saturated heterocycles. The predicted molar refractivity (Wildman–Crippen MR) is 120 cm³/mol. The normalized spacial score (nSPS) is 14.4. The number of unbranched alkanes of at least 4 members (excludes halogenated alkanes) is 2. The number of Topliss-reactive ketones (excluding diaryl/α,β-unsaturated/α-hetero) is 1. The van der Waals surface area contributed by atoms with Crippen molar-refractivity contribution in [3.8, 4) is 11.5 Å². The molecule has 4 nitrogen and oxygen atoms in total. The van der Waals surface area contributed by atoms with Crippen LogP contribution in [0.4, 0.5) is 0 Å². The molecule has 1 aliphatic heterocycles. The molecule has 160 valence electrons. The van der Waals surface area contributed by atoms with Crippen molar-refractivity contribution in [2.45, 2.75) is 46.1 Å². The van der Waals surface area contributed by atoms with Gasteiger partial charge in [0.1, 0.15) is 12.3 Å². The maximum atomic E-state index is 12.9. The van der Waals surface area contributed by atoms with Crippen molar-refractivity contribution in [1.29, 1.82) is 0 Å². The maximum Gasteiger partial charge on any atom is 0.231 e. The van der Waals surface area contributed by atoms with E-state index in [4.69, 9.17) is 27.9 Å². The summed E-state index contributed by atoms with van der Waals surface area (Å²) in [5.41, 5.74) is 1.74. The number of carbonyl (C=O) groups excluding carboxylic acids is 1. The number of nitrogens with one attached hydrogen (secondary N) is 1. The van der Waals surface area contributed by atoms with Crippen LogP contribution in [-0.4, -0.2) is 18.9 Å². The van der Waals surface area contributed by atoms with Gasteiger partial charge in [-0.3, -0.25) is 4.79 Å². The van der Waals surface area contributed by atoms with Gasteiger partial charge in [0, 0.05) is 5.56 Å². The maximum absolute atomic E-state index is 12.9. The molecule has 0 amide bonds. The highest BCUT2D eigenvalue weighted by atomic mass is 35.5. The Morgan fingerprint density at radius 1 is 1.03 bits per heavy atom. The number of halogens is 2. The molecule has 0 aliphatic carbocycles. The lowest BCUT2D eigenvalue weighted by Crippen LogP contribution is -3.10. The molecule has 0 saturated carbocycles. The van der Waals surface area contributed by atoms with Gasteiger partial charge in [-0.15, -0.1) is 0 Å². The molecule has 6 heteroatoms. The minimum absolute atomic E-state index is 0.0807. The van der Waals surface area contributed by atoms with Crippen molar-refractivity contribution < 1.29 is 19.5 Å². The molecule has 0 radical (unpaired) electrons. The van der Waals surface area contributed by atoms with Crippen LogP contribution in [0.1, 0.15) is 61.0 Å². The molecule has 1 N–H and O–H groups in total. The number of fused-ring (bicyclic) bond motifs is 1. The Kier molecular flexibility index (Phi) is 7.81. The molecule has 0 spiro atoms. The number of rotatable bonds is 9. The van der Waals surface area contributed by atoms with E-state index in [0.717, 1.165) is 38.8 Å². The third-order valence-corrected chi connectivity index (χ3v) is 6.07. The first-order valence-electron chi connectivity index (χ1n) is 10.5. The molecule has 2 aromatic rings. The van der Waals surface area contributed by atoms with Crippen molar-refractivity contribution in [1.82, 2.24) is 0 Å². The fourth-order valence-corrected chi connectivity index (χ4v) is 3.92. The van der Waals surface area contributed by atoms with E-state index in [1.54, 1.807) is 30.3 Å². The van der Waals surface area contributed by atoms with Crippen LogP contribution in [0.25, 0.3) is 6.08 Å². The zero-order chi connectivity index (χ0) is 21.7. The van der Waals surface area contributed by atoms with Crippen LogP contribution >= 0.6 is 23.2 Å². The lowest BCUT2D eigenvalue weighted by atomic mass is 10.0. The molecule has 0 unspecified atom stereocenters. The quantitative estimate of drug-likeness (QED) is 0.568. The minimum Gasteiger partial charge on any atom is -0.872 e. The molecule has 0 aromatic heterocycles. The van der Waals surface area contributed by atoms with Crippen LogP contribution in [0, 0.1) is 0 Å². The number of quaternary nitrogens is 1. The van der Waals surface area contributed by atoms with Gasteiger partial charge in [-0.2, -0.15) is 0 Å². The van der Waals surface area contributed by atoms with Crippen LogP contribution in [0.15, 0.2) is 36.1 Å². The van der Waals surface area contributed by atoms with Crippen molar-refractivity contribution in [3.05, 3.63) is 62.8 Å². The van der Waals surface area contributed by atoms with Gasteiger partial charge in [0.25, 0.3) is 0 Å². The fraction of sp³-hybridized carbons (Fsp3) is 0.375. The number of hydrogen-bond acceptors (Lipinski definition) is 3. The van der Waals surface area contributed by atoms with Gasteiger partial charge in [-0.25, -0.2) is 0 Å². The summed E-state index contributed by atoms with van der Waals surface area (Å²) in [5, 5.41) is 13.5. The van der Waals surface area contributed by atoms with Crippen molar-refractivity contribution >= 4 is 35.1 Å². The Morgan fingerprint density at radius 2 is 1.73 bits per heavy atom. The highest BCUT2D eigenvalue weighted by Crippen LogP contribution is 2.38. The minimum atomic E-state index is -0.221. The van der Waals surface area contributed by atoms with Crippen molar-refractivity contribution in [2.24, 2.45) is 0 Å². The van der Waals surface area contributed by atoms with Gasteiger partial charge in [0.2, 0.25) is 5.78 Å². The van der Waals surface area contributed by atoms with Crippen LogP contribution in [0.2, 0.25) is 10.0 Å². The van der Waals surface area contributed by atoms with E-state index >= 15 is 0 Å². The van der Waals surface area contributed by atoms with E-state index in [9.17, 15) is 9.90 Å². The molecule has 1 aliphatic rings. The Balaban J connectivity index is 1.89. The third-order valence-electron chi connectivity index (χ3n) is 5.33. The van der Waals surface area contributed by atoms with Gasteiger partial charge in [-0.05, 0) is 42.7 Å². The number of ether oxygens (including phenoxy) is 1. The Morgan fingerprint density at radius 3 is 2.37 bits per heavy atom. The number of carbonyl (C=O) groups is 1. The Bertz CT molecular complexity index is 948. The van der Waals surface area contributed by atoms with E-state index in [2.05, 4.69) is 13.8 Å². The zero-order valence-electron chi connectivity index (χ0n) is 17.4. The standard InChI is InChI=1S/C24H27Cl2NO3/c1-3-5-11-27(12-6-4-2)15-18-21(28)10-8-17-23(29)22(30-24(17)18)14-16-7-9-19(25)20(26)13-16/h7-10,13-14,28H,3-6,11-12,15H2,1-2H3/b22-14-. The van der Waals surface area contributed by atoms with Crippen LogP contribution in [0.3, 0.4) is 0 Å². The molecule has 2 aromatic carbocycles. The third kappa shape index (κ3) is 5.18. The number of allylic oxidation sites excluding steroid dienone is 1. The molecule has 1 heterocycles. The first-order valence-corrected chi connectivity index (χ1v) is 11.3. The van der Waals surface area contributed by atoms with Gasteiger partial charge < -0.3 is 14.7 Å². The van der Waals surface area contributed by atoms with E-state index in [1.807, 2.05) is 0 Å². The number of benzene rings is 2. The summed E-state index contributed by atoms with van der Waals surface area (Å²) in [6.45, 7) is 6.89. The monoisotopic (exact) mass is 447 g/mol. The second-order valence-corrected chi connectivity index (χ2v) is 8.48. The van der Waals surface area contributed by atoms with Gasteiger partial charge in [0.15, 0.2) is 5.76 Å². The van der Waals surface area contributed by atoms with Crippen molar-refractivity contribution in [3.63, 3.8) is 0 Å². The van der Waals surface area contributed by atoms with Crippen LogP contribution in [0.5, 0.6) is 11.5 Å². The highest BCUT2D eigenvalue weighted by molar-refractivity contribution is 6.42. The van der Waals surface area contributed by atoms with Gasteiger partial charge in [0.05, 0.1) is 28.7 Å². The summed E-state index contributed by atoms with van der Waals surface area (Å²) >= 11 is 12.1. The lowest BCUT2D eigenvalue weighted by molar-refractivity contribution is -0.914. The summed E-state index contributed by atoms with van der Waals surface area (Å²) in [7, 11) is 0. The summed E-state index contributed by atoms with van der Waals surface area (Å²) in [4.78, 5) is 14.2. The molecule has 0 atom stereocenters. The van der Waals surface area contributed by atoms with E-state index < -0.39 is 0 Å². The first kappa shape index (κ1) is 22.7. The number of hydrogen-bond donors (Lipinski definition) is 1. The second kappa shape index (κ2) is 10.3. The molecular formula is C24H27Cl2NO3. The lowest BCUT2D eigenvalue weighted by Gasteiger charge is -2.23. The summed E-state index contributed by atoms with van der Waals surface area (Å²) in [6.07, 6.45) is 6.06. The number of ketones is 1. The van der Waals surface area contributed by atoms with Gasteiger partial charge in [-0.1, -0.05) is 67.8 Å². The average molecular weight is 448 g/mol. The SMILES string of the molecule is CCCC[NH+](CCCC)Cc1c([O-])ccc2c1O/C(=C\c1ccc(Cl)c(Cl)c1)C2=O. The summed E-state index contributed by atoms with van der Waals surface area (Å²) in [6, 6.07) is 8.17. The first-order chi connectivity index (χ1) is 14.4. The predicted octanol–water partition coefficient (Wildman–Crippen LogP) is 4.67. The smallest absolute Gasteiger partial charge is 0.231 e. The van der Waals surface area contributed by atoms with E-state index in [0.29, 0.717) is 39.0 Å². The van der Waals surface area contributed by atoms with Crippen molar-refractivity contribution in [2.75, 3.05) is 13.1 Å². The largest absolute Gasteiger partial charge is 0.872 e.